The highest BCUT2D eigenvalue weighted by Crippen LogP contribution is 2.24. The first-order valence-corrected chi connectivity index (χ1v) is 8.32. The molecular weight excluding hydrogens is 322 g/mol. The van der Waals surface area contributed by atoms with Crippen molar-refractivity contribution in [3.63, 3.8) is 0 Å². The van der Waals surface area contributed by atoms with Crippen molar-refractivity contribution in [2.45, 2.75) is 39.9 Å². The summed E-state index contributed by atoms with van der Waals surface area (Å²) in [5.74, 6) is 0. The summed E-state index contributed by atoms with van der Waals surface area (Å²) in [5, 5.41) is 8.98. The van der Waals surface area contributed by atoms with Crippen LogP contribution in [0.2, 0.25) is 0 Å². The van der Waals surface area contributed by atoms with Crippen molar-refractivity contribution in [1.82, 2.24) is 14.7 Å². The molecule has 0 saturated carbocycles. The first-order chi connectivity index (χ1) is 9.15. The summed E-state index contributed by atoms with van der Waals surface area (Å²) in [4.78, 5) is 2.33. The second-order valence-electron chi connectivity index (χ2n) is 4.68. The zero-order valence-corrected chi connectivity index (χ0v) is 14.1. The Morgan fingerprint density at radius 1 is 1.37 bits per heavy atom. The molecule has 3 nitrogen and oxygen atoms in total. The lowest BCUT2D eigenvalue weighted by molar-refractivity contribution is 0.307. The van der Waals surface area contributed by atoms with Crippen molar-refractivity contribution in [2.75, 3.05) is 7.05 Å². The number of aromatic nitrogens is 2. The Labute approximate surface area is 127 Å². The molecule has 0 unspecified atom stereocenters. The molecule has 0 spiro atoms. The van der Waals surface area contributed by atoms with Crippen molar-refractivity contribution in [2.24, 2.45) is 0 Å². The predicted octanol–water partition coefficient (Wildman–Crippen LogP) is 3.92. The molecule has 0 bridgehead atoms. The van der Waals surface area contributed by atoms with Gasteiger partial charge in [0.05, 0.1) is 15.9 Å². The third-order valence-corrected chi connectivity index (χ3v) is 4.79. The highest BCUT2D eigenvalue weighted by atomic mass is 79.9. The number of halogens is 1. The topological polar surface area (TPSA) is 21.1 Å². The molecule has 19 heavy (non-hydrogen) atoms. The van der Waals surface area contributed by atoms with E-state index in [1.807, 2.05) is 0 Å². The van der Waals surface area contributed by atoms with Crippen LogP contribution in [0, 0.1) is 0 Å². The Bertz CT molecular complexity index is 519. The molecule has 104 valence electrons. The van der Waals surface area contributed by atoms with Crippen molar-refractivity contribution in [3.05, 3.63) is 38.3 Å². The van der Waals surface area contributed by atoms with Gasteiger partial charge in [-0.25, -0.2) is 0 Å². The van der Waals surface area contributed by atoms with Gasteiger partial charge in [-0.2, -0.15) is 16.4 Å². The third kappa shape index (κ3) is 3.46. The van der Waals surface area contributed by atoms with Gasteiger partial charge in [-0.05, 0) is 58.7 Å². The minimum Gasteiger partial charge on any atom is -0.296 e. The number of hydrogen-bond acceptors (Lipinski definition) is 3. The summed E-state index contributed by atoms with van der Waals surface area (Å²) in [6, 6.07) is 2.19. The Hall–Kier alpha value is -0.650. The van der Waals surface area contributed by atoms with Gasteiger partial charge in [0.1, 0.15) is 0 Å². The first kappa shape index (κ1) is 14.8. The van der Waals surface area contributed by atoms with Crippen molar-refractivity contribution < 1.29 is 0 Å². The molecule has 0 N–H and O–H groups in total. The fourth-order valence-corrected chi connectivity index (χ4v) is 3.52. The molecule has 0 aliphatic heterocycles. The SMILES string of the molecule is CCc1nn(CC)c(CN(C)Cc2ccsc2)c1Br. The molecule has 2 aromatic rings. The predicted molar refractivity (Wildman–Crippen MR) is 84.5 cm³/mol. The molecule has 0 atom stereocenters. The smallest absolute Gasteiger partial charge is 0.0767 e. The Balaban J connectivity index is 2.11. The maximum absolute atomic E-state index is 4.64. The van der Waals surface area contributed by atoms with Gasteiger partial charge in [0, 0.05) is 19.6 Å². The first-order valence-electron chi connectivity index (χ1n) is 6.59. The molecule has 2 aromatic heterocycles. The number of rotatable bonds is 6. The zero-order valence-electron chi connectivity index (χ0n) is 11.7. The lowest BCUT2D eigenvalue weighted by atomic mass is 10.2. The summed E-state index contributed by atoms with van der Waals surface area (Å²) in [6.07, 6.45) is 0.967. The summed E-state index contributed by atoms with van der Waals surface area (Å²) in [7, 11) is 2.16. The summed E-state index contributed by atoms with van der Waals surface area (Å²) in [6.45, 7) is 7.09. The van der Waals surface area contributed by atoms with E-state index in [0.717, 1.165) is 31.7 Å². The normalized spacial score (nSPS) is 11.4. The zero-order chi connectivity index (χ0) is 13.8. The molecule has 0 aliphatic carbocycles. The number of aryl methyl sites for hydroxylation is 2. The molecule has 0 saturated heterocycles. The average molecular weight is 342 g/mol. The minimum absolute atomic E-state index is 0.914. The molecule has 0 aliphatic rings. The Morgan fingerprint density at radius 3 is 2.74 bits per heavy atom. The Morgan fingerprint density at radius 2 is 2.16 bits per heavy atom. The largest absolute Gasteiger partial charge is 0.296 e. The van der Waals surface area contributed by atoms with Crippen molar-refractivity contribution >= 4 is 27.3 Å². The van der Waals surface area contributed by atoms with E-state index >= 15 is 0 Å². The van der Waals surface area contributed by atoms with Crippen LogP contribution in [0.1, 0.15) is 30.8 Å². The van der Waals surface area contributed by atoms with E-state index in [2.05, 4.69) is 68.3 Å². The third-order valence-electron chi connectivity index (χ3n) is 3.15. The summed E-state index contributed by atoms with van der Waals surface area (Å²) < 4.78 is 3.28. The van der Waals surface area contributed by atoms with Crippen LogP contribution in [0.4, 0.5) is 0 Å². The number of thiophene rings is 1. The van der Waals surface area contributed by atoms with Crippen LogP contribution in [0.5, 0.6) is 0 Å². The molecular formula is C14H20BrN3S. The quantitative estimate of drug-likeness (QED) is 0.793. The standard InChI is InChI=1S/C14H20BrN3S/c1-4-12-14(15)13(18(5-2)16-12)9-17(3)8-11-6-7-19-10-11/h6-7,10H,4-5,8-9H2,1-3H3. The van der Waals surface area contributed by atoms with E-state index in [0.29, 0.717) is 0 Å². The van der Waals surface area contributed by atoms with Gasteiger partial charge in [0.15, 0.2) is 0 Å². The van der Waals surface area contributed by atoms with Crippen molar-refractivity contribution in [3.8, 4) is 0 Å². The maximum Gasteiger partial charge on any atom is 0.0767 e. The van der Waals surface area contributed by atoms with Crippen molar-refractivity contribution in [1.29, 1.82) is 0 Å². The lowest BCUT2D eigenvalue weighted by Gasteiger charge is -2.17. The van der Waals surface area contributed by atoms with Crippen LogP contribution in [-0.2, 0) is 26.1 Å². The van der Waals surface area contributed by atoms with E-state index in [-0.39, 0.29) is 0 Å². The van der Waals surface area contributed by atoms with Crippen LogP contribution in [0.15, 0.2) is 21.3 Å². The van der Waals surface area contributed by atoms with Crippen LogP contribution >= 0.6 is 27.3 Å². The van der Waals surface area contributed by atoms with Crippen LogP contribution < -0.4 is 0 Å². The Kier molecular flexibility index (Phi) is 5.19. The summed E-state index contributed by atoms with van der Waals surface area (Å²) in [5.41, 5.74) is 3.81. The van der Waals surface area contributed by atoms with Crippen LogP contribution in [0.25, 0.3) is 0 Å². The average Bonchev–Trinajstić information content (AvgIpc) is 2.99. The van der Waals surface area contributed by atoms with Crippen LogP contribution in [0.3, 0.4) is 0 Å². The van der Waals surface area contributed by atoms with Crippen LogP contribution in [-0.4, -0.2) is 21.7 Å². The lowest BCUT2D eigenvalue weighted by Crippen LogP contribution is -2.19. The minimum atomic E-state index is 0.914. The van der Waals surface area contributed by atoms with Gasteiger partial charge >= 0.3 is 0 Å². The van der Waals surface area contributed by atoms with Gasteiger partial charge in [-0.3, -0.25) is 9.58 Å². The van der Waals surface area contributed by atoms with E-state index < -0.39 is 0 Å². The highest BCUT2D eigenvalue weighted by Gasteiger charge is 2.15. The number of nitrogens with zero attached hydrogens (tertiary/aromatic N) is 3. The van der Waals surface area contributed by atoms with E-state index in [9.17, 15) is 0 Å². The van der Waals surface area contributed by atoms with E-state index in [1.165, 1.54) is 15.7 Å². The molecule has 5 heteroatoms. The number of hydrogen-bond donors (Lipinski definition) is 0. The molecule has 2 rings (SSSR count). The fraction of sp³-hybridized carbons (Fsp3) is 0.500. The molecule has 0 aromatic carbocycles. The second-order valence-corrected chi connectivity index (χ2v) is 6.25. The van der Waals surface area contributed by atoms with E-state index in [1.54, 1.807) is 11.3 Å². The summed E-state index contributed by atoms with van der Waals surface area (Å²) >= 11 is 5.45. The second kappa shape index (κ2) is 6.68. The molecule has 0 radical (unpaired) electrons. The molecule has 0 amide bonds. The molecule has 0 fully saturated rings. The highest BCUT2D eigenvalue weighted by molar-refractivity contribution is 9.10. The monoisotopic (exact) mass is 341 g/mol. The van der Waals surface area contributed by atoms with Gasteiger partial charge in [-0.15, -0.1) is 0 Å². The van der Waals surface area contributed by atoms with Gasteiger partial charge in [0.2, 0.25) is 0 Å². The van der Waals surface area contributed by atoms with Gasteiger partial charge in [-0.1, -0.05) is 6.92 Å². The van der Waals surface area contributed by atoms with E-state index in [4.69, 9.17) is 0 Å². The van der Waals surface area contributed by atoms with Gasteiger partial charge < -0.3 is 0 Å². The fourth-order valence-electron chi connectivity index (χ4n) is 2.17. The maximum atomic E-state index is 4.64. The van der Waals surface area contributed by atoms with Gasteiger partial charge in [0.25, 0.3) is 0 Å². The molecule has 2 heterocycles.